The number of ether oxygens (including phenoxy) is 1. The Labute approximate surface area is 176 Å². The first kappa shape index (κ1) is 22.1. The van der Waals surface area contributed by atoms with Crippen molar-refractivity contribution in [2.45, 2.75) is 36.6 Å². The Balaban J connectivity index is 1.52. The normalized spacial score (nSPS) is 19.1. The van der Waals surface area contributed by atoms with Gasteiger partial charge in [-0.25, -0.2) is 13.2 Å². The lowest BCUT2D eigenvalue weighted by molar-refractivity contribution is -0.127. The van der Waals surface area contributed by atoms with Crippen molar-refractivity contribution in [1.82, 2.24) is 14.5 Å². The molecular formula is C20H26N4O5S. The van der Waals surface area contributed by atoms with Crippen LogP contribution in [0.3, 0.4) is 0 Å². The smallest absolute Gasteiger partial charge is 0.409 e. The average Bonchev–Trinajstić information content (AvgIpc) is 2.79. The van der Waals surface area contributed by atoms with Crippen LogP contribution in [-0.4, -0.2) is 69.0 Å². The molecule has 0 radical (unpaired) electrons. The van der Waals surface area contributed by atoms with Gasteiger partial charge in [0.1, 0.15) is 6.07 Å². The van der Waals surface area contributed by atoms with Crippen molar-refractivity contribution in [2.24, 2.45) is 5.92 Å². The van der Waals surface area contributed by atoms with Crippen molar-refractivity contribution in [2.75, 3.05) is 33.3 Å². The molecule has 3 rings (SSSR count). The number of nitrogens with one attached hydrogen (secondary N) is 1. The van der Waals surface area contributed by atoms with Gasteiger partial charge in [0.15, 0.2) is 0 Å². The van der Waals surface area contributed by atoms with E-state index in [1.165, 1.54) is 23.5 Å². The topological polar surface area (TPSA) is 120 Å². The first-order chi connectivity index (χ1) is 14.4. The van der Waals surface area contributed by atoms with Gasteiger partial charge in [0.05, 0.1) is 17.6 Å². The van der Waals surface area contributed by atoms with Crippen LogP contribution in [0.5, 0.6) is 0 Å². The quantitative estimate of drug-likeness (QED) is 0.763. The molecule has 1 aromatic rings. The molecule has 2 aliphatic heterocycles. The molecule has 0 spiro atoms. The number of benzene rings is 1. The molecule has 30 heavy (non-hydrogen) atoms. The fraction of sp³-hybridized carbons (Fsp3) is 0.550. The molecule has 2 saturated heterocycles. The summed E-state index contributed by atoms with van der Waals surface area (Å²) in [5, 5.41) is 12.2. The van der Waals surface area contributed by atoms with Gasteiger partial charge in [0.25, 0.3) is 0 Å². The second kappa shape index (κ2) is 9.45. The molecule has 0 aliphatic carbocycles. The van der Waals surface area contributed by atoms with E-state index in [4.69, 9.17) is 4.74 Å². The Bertz CT molecular complexity index is 927. The highest BCUT2D eigenvalue weighted by molar-refractivity contribution is 7.89. The summed E-state index contributed by atoms with van der Waals surface area (Å²) < 4.78 is 31.9. The Morgan fingerprint density at radius 3 is 2.33 bits per heavy atom. The third kappa shape index (κ3) is 4.74. The zero-order chi connectivity index (χ0) is 21.7. The van der Waals surface area contributed by atoms with Crippen molar-refractivity contribution in [3.05, 3.63) is 29.8 Å². The van der Waals surface area contributed by atoms with Gasteiger partial charge in [-0.2, -0.15) is 9.57 Å². The molecule has 0 aromatic heterocycles. The first-order valence-electron chi connectivity index (χ1n) is 9.99. The lowest BCUT2D eigenvalue weighted by atomic mass is 9.96. The van der Waals surface area contributed by atoms with Crippen molar-refractivity contribution in [3.8, 4) is 6.07 Å². The van der Waals surface area contributed by atoms with E-state index in [1.807, 2.05) is 6.07 Å². The molecule has 2 fully saturated rings. The number of hydrogen-bond donors (Lipinski definition) is 1. The number of hydrogen-bond acceptors (Lipinski definition) is 6. The van der Waals surface area contributed by atoms with Gasteiger partial charge in [0.2, 0.25) is 15.9 Å². The second-order valence-corrected chi connectivity index (χ2v) is 9.43. The number of rotatable bonds is 4. The van der Waals surface area contributed by atoms with Crippen LogP contribution >= 0.6 is 0 Å². The molecule has 10 heteroatoms. The van der Waals surface area contributed by atoms with Crippen LogP contribution in [0.2, 0.25) is 0 Å². The fourth-order valence-electron chi connectivity index (χ4n) is 3.94. The highest BCUT2D eigenvalue weighted by Gasteiger charge is 2.34. The largest absolute Gasteiger partial charge is 0.453 e. The number of piperidine rings is 2. The molecule has 162 valence electrons. The highest BCUT2D eigenvalue weighted by Crippen LogP contribution is 2.26. The molecule has 2 heterocycles. The molecule has 9 nitrogen and oxygen atoms in total. The van der Waals surface area contributed by atoms with E-state index in [0.717, 1.165) is 0 Å². The molecule has 2 amide bonds. The third-order valence-corrected chi connectivity index (χ3v) is 7.68. The van der Waals surface area contributed by atoms with Gasteiger partial charge < -0.3 is 15.0 Å². The van der Waals surface area contributed by atoms with Crippen LogP contribution in [-0.2, 0) is 19.6 Å². The predicted octanol–water partition coefficient (Wildman–Crippen LogP) is 1.31. The average molecular weight is 435 g/mol. The minimum atomic E-state index is -3.77. The van der Waals surface area contributed by atoms with Crippen LogP contribution in [0.1, 0.15) is 31.2 Å². The summed E-state index contributed by atoms with van der Waals surface area (Å²) in [5.41, 5.74) is 0.121. The van der Waals surface area contributed by atoms with E-state index in [1.54, 1.807) is 17.0 Å². The van der Waals surface area contributed by atoms with Crippen molar-refractivity contribution < 1.29 is 22.7 Å². The number of nitrogens with zero attached hydrogens (tertiary/aromatic N) is 3. The van der Waals surface area contributed by atoms with Crippen molar-refractivity contribution >= 4 is 22.0 Å². The van der Waals surface area contributed by atoms with Crippen molar-refractivity contribution in [3.63, 3.8) is 0 Å². The molecule has 0 bridgehead atoms. The van der Waals surface area contributed by atoms with Gasteiger partial charge in [-0.1, -0.05) is 12.1 Å². The van der Waals surface area contributed by atoms with Gasteiger partial charge in [0, 0.05) is 38.1 Å². The third-order valence-electron chi connectivity index (χ3n) is 5.72. The minimum absolute atomic E-state index is 0.00248. The Kier molecular flexibility index (Phi) is 6.95. The fourth-order valence-corrected chi connectivity index (χ4v) is 5.55. The van der Waals surface area contributed by atoms with Gasteiger partial charge in [-0.05, 0) is 37.8 Å². The number of methoxy groups -OCH3 is 1. The minimum Gasteiger partial charge on any atom is -0.453 e. The molecule has 0 unspecified atom stereocenters. The summed E-state index contributed by atoms with van der Waals surface area (Å²) in [6, 6.07) is 8.08. The maximum absolute atomic E-state index is 12.9. The van der Waals surface area contributed by atoms with Gasteiger partial charge >= 0.3 is 6.09 Å². The predicted molar refractivity (Wildman–Crippen MR) is 108 cm³/mol. The lowest BCUT2D eigenvalue weighted by Gasteiger charge is -2.34. The van der Waals surface area contributed by atoms with E-state index in [-0.39, 0.29) is 47.5 Å². The molecule has 0 atom stereocenters. The van der Waals surface area contributed by atoms with E-state index in [2.05, 4.69) is 5.32 Å². The van der Waals surface area contributed by atoms with E-state index in [0.29, 0.717) is 38.8 Å². The molecule has 1 N–H and O–H groups in total. The SMILES string of the molecule is COC(=O)N1CCC(NC(=O)C2CCN(S(=O)(=O)c3ccccc3C#N)CC2)CC1. The standard InChI is InChI=1S/C20H26N4O5S/c1-29-20(26)23-10-8-17(9-11-23)22-19(25)15-6-12-24(13-7-15)30(27,28)18-5-3-2-4-16(18)14-21/h2-5,15,17H,6-13H2,1H3,(H,22,25). The summed E-state index contributed by atoms with van der Waals surface area (Å²) in [6.07, 6.45) is 1.84. The summed E-state index contributed by atoms with van der Waals surface area (Å²) >= 11 is 0. The van der Waals surface area contributed by atoms with Crippen LogP contribution < -0.4 is 5.32 Å². The van der Waals surface area contributed by atoms with Crippen LogP contribution in [0, 0.1) is 17.2 Å². The van der Waals surface area contributed by atoms with Gasteiger partial charge in [-0.15, -0.1) is 0 Å². The lowest BCUT2D eigenvalue weighted by Crippen LogP contribution is -2.49. The first-order valence-corrected chi connectivity index (χ1v) is 11.4. The maximum Gasteiger partial charge on any atom is 0.409 e. The summed E-state index contributed by atoms with van der Waals surface area (Å²) in [6.45, 7) is 1.54. The number of likely N-dealkylation sites (tertiary alicyclic amines) is 1. The maximum atomic E-state index is 12.9. The summed E-state index contributed by atoms with van der Waals surface area (Å²) in [5.74, 6) is -0.317. The second-order valence-electron chi connectivity index (χ2n) is 7.53. The molecular weight excluding hydrogens is 408 g/mol. The highest BCUT2D eigenvalue weighted by atomic mass is 32.2. The number of carbonyl (C=O) groups is 2. The Hall–Kier alpha value is -2.64. The van der Waals surface area contributed by atoms with Crippen molar-refractivity contribution in [1.29, 1.82) is 5.26 Å². The van der Waals surface area contributed by atoms with Crippen LogP contribution in [0.4, 0.5) is 4.79 Å². The van der Waals surface area contributed by atoms with Gasteiger partial charge in [-0.3, -0.25) is 4.79 Å². The van der Waals surface area contributed by atoms with E-state index in [9.17, 15) is 23.3 Å². The van der Waals surface area contributed by atoms with Crippen LogP contribution in [0.25, 0.3) is 0 Å². The Morgan fingerprint density at radius 1 is 1.10 bits per heavy atom. The monoisotopic (exact) mass is 434 g/mol. The Morgan fingerprint density at radius 2 is 1.73 bits per heavy atom. The van der Waals surface area contributed by atoms with E-state index >= 15 is 0 Å². The van der Waals surface area contributed by atoms with E-state index < -0.39 is 10.0 Å². The zero-order valence-corrected chi connectivity index (χ0v) is 17.7. The number of nitriles is 1. The summed E-state index contributed by atoms with van der Waals surface area (Å²) in [7, 11) is -2.42. The molecule has 0 saturated carbocycles. The summed E-state index contributed by atoms with van der Waals surface area (Å²) in [4.78, 5) is 25.8. The molecule has 2 aliphatic rings. The number of amides is 2. The number of carbonyl (C=O) groups excluding carboxylic acids is 2. The number of sulfonamides is 1. The molecule has 1 aromatic carbocycles. The van der Waals surface area contributed by atoms with Crippen LogP contribution in [0.15, 0.2) is 29.2 Å². The zero-order valence-electron chi connectivity index (χ0n) is 16.9.